The summed E-state index contributed by atoms with van der Waals surface area (Å²) in [5.41, 5.74) is 7.93. The highest BCUT2D eigenvalue weighted by molar-refractivity contribution is 5.66. The molecule has 5 nitrogen and oxygen atoms in total. The Hall–Kier alpha value is -1.23. The molecule has 2 N–H and O–H groups in total. The molecule has 1 atom stereocenters. The van der Waals surface area contributed by atoms with Crippen molar-refractivity contribution in [1.82, 2.24) is 14.7 Å². The molecule has 2 rings (SSSR count). The summed E-state index contributed by atoms with van der Waals surface area (Å²) in [5.74, 6) is 1.10. The van der Waals surface area contributed by atoms with E-state index in [0.717, 1.165) is 43.4 Å². The van der Waals surface area contributed by atoms with Crippen molar-refractivity contribution in [2.24, 2.45) is 0 Å². The number of rotatable bonds is 2. The summed E-state index contributed by atoms with van der Waals surface area (Å²) in [6.07, 6.45) is 0. The summed E-state index contributed by atoms with van der Waals surface area (Å²) < 4.78 is 2.02. The fourth-order valence-corrected chi connectivity index (χ4v) is 2.38. The van der Waals surface area contributed by atoms with Crippen LogP contribution in [0.3, 0.4) is 0 Å². The first-order valence-corrected chi connectivity index (χ1v) is 6.32. The normalized spacial score (nSPS) is 22.1. The molecule has 1 aromatic rings. The monoisotopic (exact) mass is 237 g/mol. The molecule has 1 unspecified atom stereocenters. The van der Waals surface area contributed by atoms with Crippen LogP contribution in [0.15, 0.2) is 0 Å². The van der Waals surface area contributed by atoms with E-state index in [1.165, 1.54) is 0 Å². The zero-order valence-electron chi connectivity index (χ0n) is 11.3. The number of piperazine rings is 1. The van der Waals surface area contributed by atoms with Crippen molar-refractivity contribution in [1.29, 1.82) is 0 Å². The maximum Gasteiger partial charge on any atom is 0.150 e. The number of hydrogen-bond donors (Lipinski definition) is 1. The smallest absolute Gasteiger partial charge is 0.150 e. The van der Waals surface area contributed by atoms with Gasteiger partial charge >= 0.3 is 0 Å². The largest absolute Gasteiger partial charge is 0.394 e. The Balaban J connectivity index is 2.28. The van der Waals surface area contributed by atoms with Gasteiger partial charge < -0.3 is 15.5 Å². The van der Waals surface area contributed by atoms with Gasteiger partial charge in [-0.2, -0.15) is 5.10 Å². The number of aryl methyl sites for hydroxylation is 2. The Labute approximate surface area is 103 Å². The fraction of sp³-hybridized carbons (Fsp3) is 0.750. The third-order valence-corrected chi connectivity index (χ3v) is 3.70. The van der Waals surface area contributed by atoms with E-state index in [4.69, 9.17) is 5.73 Å². The summed E-state index contributed by atoms with van der Waals surface area (Å²) in [6.45, 7) is 10.3. The number of anilines is 2. The molecule has 0 amide bonds. The van der Waals surface area contributed by atoms with E-state index in [9.17, 15) is 0 Å². The molecule has 1 aromatic heterocycles. The van der Waals surface area contributed by atoms with Crippen molar-refractivity contribution in [2.75, 3.05) is 37.3 Å². The van der Waals surface area contributed by atoms with E-state index >= 15 is 0 Å². The maximum atomic E-state index is 6.15. The van der Waals surface area contributed by atoms with Crippen LogP contribution in [0.4, 0.5) is 11.5 Å². The van der Waals surface area contributed by atoms with Gasteiger partial charge in [-0.15, -0.1) is 0 Å². The number of nitrogens with zero attached hydrogens (tertiary/aromatic N) is 4. The predicted molar refractivity (Wildman–Crippen MR) is 71.4 cm³/mol. The van der Waals surface area contributed by atoms with E-state index in [1.807, 2.05) is 11.6 Å². The van der Waals surface area contributed by atoms with Crippen molar-refractivity contribution in [3.63, 3.8) is 0 Å². The molecule has 1 aliphatic heterocycles. The number of aromatic nitrogens is 2. The average molecular weight is 237 g/mol. The second-order valence-corrected chi connectivity index (χ2v) is 4.91. The first kappa shape index (κ1) is 12.2. The molecule has 5 heteroatoms. The molecular formula is C12H23N5. The van der Waals surface area contributed by atoms with E-state index < -0.39 is 0 Å². The first-order valence-electron chi connectivity index (χ1n) is 6.32. The van der Waals surface area contributed by atoms with Crippen molar-refractivity contribution in [3.05, 3.63) is 5.69 Å². The minimum Gasteiger partial charge on any atom is -0.394 e. The van der Waals surface area contributed by atoms with Gasteiger partial charge in [-0.1, -0.05) is 0 Å². The van der Waals surface area contributed by atoms with Crippen molar-refractivity contribution >= 4 is 11.5 Å². The lowest BCUT2D eigenvalue weighted by Crippen LogP contribution is -2.50. The maximum absolute atomic E-state index is 6.15. The average Bonchev–Trinajstić information content (AvgIpc) is 2.59. The lowest BCUT2D eigenvalue weighted by Gasteiger charge is -2.39. The standard InChI is InChI=1S/C12H23N5/c1-5-17-12(11(13)10(3)14-17)16-7-6-15(4)9(2)8-16/h9H,5-8,13H2,1-4H3. The topological polar surface area (TPSA) is 50.3 Å². The third kappa shape index (κ3) is 2.11. The minimum atomic E-state index is 0.559. The van der Waals surface area contributed by atoms with Gasteiger partial charge in [0.05, 0.1) is 11.4 Å². The van der Waals surface area contributed by atoms with Crippen LogP contribution in [0.2, 0.25) is 0 Å². The van der Waals surface area contributed by atoms with E-state index in [1.54, 1.807) is 0 Å². The lowest BCUT2D eigenvalue weighted by molar-refractivity contribution is 0.232. The van der Waals surface area contributed by atoms with E-state index in [-0.39, 0.29) is 0 Å². The fourth-order valence-electron chi connectivity index (χ4n) is 2.38. The van der Waals surface area contributed by atoms with Gasteiger partial charge in [0.2, 0.25) is 0 Å². The third-order valence-electron chi connectivity index (χ3n) is 3.70. The molecule has 2 heterocycles. The van der Waals surface area contributed by atoms with Gasteiger partial charge in [0.25, 0.3) is 0 Å². The summed E-state index contributed by atoms with van der Waals surface area (Å²) in [4.78, 5) is 4.75. The quantitative estimate of drug-likeness (QED) is 0.831. The van der Waals surface area contributed by atoms with Crippen LogP contribution < -0.4 is 10.6 Å². The molecule has 96 valence electrons. The number of nitrogens with two attached hydrogens (primary N) is 1. The Kier molecular flexibility index (Phi) is 3.28. The van der Waals surface area contributed by atoms with Gasteiger partial charge in [0.15, 0.2) is 5.82 Å². The van der Waals surface area contributed by atoms with E-state index in [0.29, 0.717) is 6.04 Å². The SMILES string of the molecule is CCn1nc(C)c(N)c1N1CCN(C)C(C)C1. The zero-order chi connectivity index (χ0) is 12.6. The van der Waals surface area contributed by atoms with Crippen LogP contribution in [0.1, 0.15) is 19.5 Å². The van der Waals surface area contributed by atoms with Crippen molar-refractivity contribution in [2.45, 2.75) is 33.4 Å². The van der Waals surface area contributed by atoms with Crippen LogP contribution in [0.25, 0.3) is 0 Å². The number of hydrogen-bond acceptors (Lipinski definition) is 4. The van der Waals surface area contributed by atoms with Crippen LogP contribution in [-0.2, 0) is 6.54 Å². The predicted octanol–water partition coefficient (Wildman–Crippen LogP) is 0.934. The van der Waals surface area contributed by atoms with Gasteiger partial charge in [-0.25, -0.2) is 4.68 Å². The number of nitrogen functional groups attached to an aromatic ring is 1. The summed E-state index contributed by atoms with van der Waals surface area (Å²) in [7, 11) is 2.17. The molecule has 1 fully saturated rings. The highest BCUT2D eigenvalue weighted by Crippen LogP contribution is 2.28. The van der Waals surface area contributed by atoms with Gasteiger partial charge in [0.1, 0.15) is 0 Å². The lowest BCUT2D eigenvalue weighted by atomic mass is 10.2. The molecule has 0 saturated carbocycles. The Morgan fingerprint density at radius 3 is 2.71 bits per heavy atom. The molecule has 1 saturated heterocycles. The van der Waals surface area contributed by atoms with E-state index in [2.05, 4.69) is 35.8 Å². The molecule has 1 aliphatic rings. The highest BCUT2D eigenvalue weighted by atomic mass is 15.4. The van der Waals surface area contributed by atoms with Crippen LogP contribution >= 0.6 is 0 Å². The molecule has 0 aliphatic carbocycles. The summed E-state index contributed by atoms with van der Waals surface area (Å²) in [5, 5.41) is 4.48. The molecule has 0 aromatic carbocycles. The van der Waals surface area contributed by atoms with Gasteiger partial charge in [-0.05, 0) is 27.8 Å². The number of likely N-dealkylation sites (N-methyl/N-ethyl adjacent to an activating group) is 1. The molecule has 0 bridgehead atoms. The van der Waals surface area contributed by atoms with Gasteiger partial charge in [-0.3, -0.25) is 0 Å². The molecule has 0 radical (unpaired) electrons. The second kappa shape index (κ2) is 4.56. The zero-order valence-corrected chi connectivity index (χ0v) is 11.3. The van der Waals surface area contributed by atoms with Crippen LogP contribution in [0, 0.1) is 6.92 Å². The highest BCUT2D eigenvalue weighted by Gasteiger charge is 2.25. The second-order valence-electron chi connectivity index (χ2n) is 4.91. The Bertz CT molecular complexity index is 398. The van der Waals surface area contributed by atoms with Crippen LogP contribution in [-0.4, -0.2) is 47.4 Å². The van der Waals surface area contributed by atoms with Crippen molar-refractivity contribution < 1.29 is 0 Å². The Morgan fingerprint density at radius 1 is 1.41 bits per heavy atom. The molecule has 0 spiro atoms. The minimum absolute atomic E-state index is 0.559. The van der Waals surface area contributed by atoms with Crippen LogP contribution in [0.5, 0.6) is 0 Å². The molecule has 17 heavy (non-hydrogen) atoms. The molecular weight excluding hydrogens is 214 g/mol. The first-order chi connectivity index (χ1) is 8.04. The summed E-state index contributed by atoms with van der Waals surface area (Å²) >= 11 is 0. The Morgan fingerprint density at radius 2 is 2.12 bits per heavy atom. The van der Waals surface area contributed by atoms with Crippen molar-refractivity contribution in [3.8, 4) is 0 Å². The summed E-state index contributed by atoms with van der Waals surface area (Å²) in [6, 6.07) is 0.559. The van der Waals surface area contributed by atoms with Gasteiger partial charge in [0, 0.05) is 32.2 Å².